The summed E-state index contributed by atoms with van der Waals surface area (Å²) in [5, 5.41) is 0. The fourth-order valence-electron chi connectivity index (χ4n) is 6.38. The molecule has 0 spiro atoms. The first-order valence-corrected chi connectivity index (χ1v) is 9.12. The molecule has 6 atom stereocenters. The van der Waals surface area contributed by atoms with E-state index in [0.717, 1.165) is 35.5 Å². The van der Waals surface area contributed by atoms with Crippen molar-refractivity contribution >= 4 is 0 Å². The van der Waals surface area contributed by atoms with Crippen LogP contribution < -0.4 is 0 Å². The van der Waals surface area contributed by atoms with Crippen molar-refractivity contribution in [3.8, 4) is 0 Å². The second-order valence-electron chi connectivity index (χ2n) is 10.9. The van der Waals surface area contributed by atoms with Crippen LogP contribution in [0.25, 0.3) is 0 Å². The summed E-state index contributed by atoms with van der Waals surface area (Å²) in [5.74, 6) is 6.58. The Morgan fingerprint density at radius 2 is 1.25 bits per heavy atom. The van der Waals surface area contributed by atoms with Gasteiger partial charge in [-0.05, 0) is 84.9 Å². The van der Waals surface area contributed by atoms with E-state index >= 15 is 0 Å². The summed E-state index contributed by atoms with van der Waals surface area (Å²) < 4.78 is 0. The van der Waals surface area contributed by atoms with Gasteiger partial charge in [-0.25, -0.2) is 0 Å². The molecule has 0 aromatic carbocycles. The standard InChI is InChI=1S/C20H36/c1-19(2,3)11-13-7-16-14-9-15(12-20(4,5)6)17(10-14)18(16)8-13/h13-18H,7-12H2,1-6H3. The third-order valence-corrected chi connectivity index (χ3v) is 6.48. The largest absolute Gasteiger partial charge is 0.0602 e. The molecule has 0 aromatic rings. The second-order valence-corrected chi connectivity index (χ2v) is 10.9. The third kappa shape index (κ3) is 2.95. The van der Waals surface area contributed by atoms with Crippen molar-refractivity contribution in [2.45, 2.75) is 80.1 Å². The van der Waals surface area contributed by atoms with Gasteiger partial charge in [0.1, 0.15) is 0 Å². The molecule has 3 saturated carbocycles. The zero-order valence-electron chi connectivity index (χ0n) is 14.7. The van der Waals surface area contributed by atoms with E-state index in [1.165, 1.54) is 12.8 Å². The highest BCUT2D eigenvalue weighted by Gasteiger charge is 2.56. The van der Waals surface area contributed by atoms with Crippen LogP contribution >= 0.6 is 0 Å². The fraction of sp³-hybridized carbons (Fsp3) is 1.00. The molecule has 3 aliphatic carbocycles. The van der Waals surface area contributed by atoms with Gasteiger partial charge in [0.25, 0.3) is 0 Å². The molecule has 0 heterocycles. The minimum atomic E-state index is 0.535. The van der Waals surface area contributed by atoms with Crippen LogP contribution in [0, 0.1) is 46.3 Å². The van der Waals surface area contributed by atoms with E-state index in [-0.39, 0.29) is 0 Å². The molecular formula is C20H36. The summed E-state index contributed by atoms with van der Waals surface area (Å²) in [5.41, 5.74) is 1.07. The summed E-state index contributed by atoms with van der Waals surface area (Å²) in [7, 11) is 0. The van der Waals surface area contributed by atoms with Crippen LogP contribution in [-0.2, 0) is 0 Å². The van der Waals surface area contributed by atoms with E-state index in [2.05, 4.69) is 41.5 Å². The summed E-state index contributed by atoms with van der Waals surface area (Å²) in [6.45, 7) is 14.6. The van der Waals surface area contributed by atoms with Gasteiger partial charge >= 0.3 is 0 Å². The van der Waals surface area contributed by atoms with Crippen LogP contribution in [0.5, 0.6) is 0 Å². The van der Waals surface area contributed by atoms with Crippen molar-refractivity contribution in [2.24, 2.45) is 46.3 Å². The van der Waals surface area contributed by atoms with Gasteiger partial charge in [0.15, 0.2) is 0 Å². The Morgan fingerprint density at radius 3 is 1.85 bits per heavy atom. The lowest BCUT2D eigenvalue weighted by Gasteiger charge is -2.35. The zero-order valence-corrected chi connectivity index (χ0v) is 14.7. The molecule has 0 saturated heterocycles. The van der Waals surface area contributed by atoms with Gasteiger partial charge in [0.05, 0.1) is 0 Å². The van der Waals surface area contributed by atoms with E-state index in [0.29, 0.717) is 10.8 Å². The Morgan fingerprint density at radius 1 is 0.650 bits per heavy atom. The molecule has 3 fully saturated rings. The van der Waals surface area contributed by atoms with Crippen molar-refractivity contribution in [3.05, 3.63) is 0 Å². The molecule has 0 N–H and O–H groups in total. The molecule has 3 aliphatic rings. The van der Waals surface area contributed by atoms with E-state index in [1.54, 1.807) is 25.7 Å². The molecule has 6 unspecified atom stereocenters. The maximum atomic E-state index is 2.44. The topological polar surface area (TPSA) is 0 Å². The van der Waals surface area contributed by atoms with Crippen molar-refractivity contribution in [1.82, 2.24) is 0 Å². The average Bonchev–Trinajstić information content (AvgIpc) is 2.82. The summed E-state index contributed by atoms with van der Waals surface area (Å²) in [6, 6.07) is 0. The quantitative estimate of drug-likeness (QED) is 0.567. The van der Waals surface area contributed by atoms with E-state index in [9.17, 15) is 0 Å². The van der Waals surface area contributed by atoms with Crippen LogP contribution in [0.1, 0.15) is 80.1 Å². The Hall–Kier alpha value is 0. The normalized spacial score (nSPS) is 44.1. The molecule has 0 nitrogen and oxygen atoms in total. The highest BCUT2D eigenvalue weighted by molar-refractivity contribution is 5.05. The second kappa shape index (κ2) is 4.75. The molecule has 0 aromatic heterocycles. The first-order valence-electron chi connectivity index (χ1n) is 9.12. The monoisotopic (exact) mass is 276 g/mol. The fourth-order valence-corrected chi connectivity index (χ4v) is 6.38. The zero-order chi connectivity index (χ0) is 14.7. The Labute approximate surface area is 127 Å². The molecule has 0 amide bonds. The van der Waals surface area contributed by atoms with Crippen LogP contribution in [-0.4, -0.2) is 0 Å². The van der Waals surface area contributed by atoms with Gasteiger partial charge in [0, 0.05) is 0 Å². The van der Waals surface area contributed by atoms with Gasteiger partial charge < -0.3 is 0 Å². The minimum absolute atomic E-state index is 0.535. The first-order chi connectivity index (χ1) is 9.12. The Balaban J connectivity index is 1.63. The smallest absolute Gasteiger partial charge is 0.0349 e. The van der Waals surface area contributed by atoms with Gasteiger partial charge in [-0.2, -0.15) is 0 Å². The molecule has 0 heteroatoms. The van der Waals surface area contributed by atoms with Crippen molar-refractivity contribution in [1.29, 1.82) is 0 Å². The van der Waals surface area contributed by atoms with Gasteiger partial charge in [0.2, 0.25) is 0 Å². The molecule has 20 heavy (non-hydrogen) atoms. The van der Waals surface area contributed by atoms with Crippen LogP contribution in [0.3, 0.4) is 0 Å². The molecule has 0 radical (unpaired) electrons. The average molecular weight is 277 g/mol. The van der Waals surface area contributed by atoms with Gasteiger partial charge in [-0.3, -0.25) is 0 Å². The van der Waals surface area contributed by atoms with Crippen LogP contribution in [0.2, 0.25) is 0 Å². The summed E-state index contributed by atoms with van der Waals surface area (Å²) >= 11 is 0. The van der Waals surface area contributed by atoms with Crippen molar-refractivity contribution < 1.29 is 0 Å². The van der Waals surface area contributed by atoms with E-state index < -0.39 is 0 Å². The number of rotatable bonds is 2. The maximum Gasteiger partial charge on any atom is -0.0349 e. The molecule has 2 bridgehead atoms. The van der Waals surface area contributed by atoms with Crippen LogP contribution in [0.4, 0.5) is 0 Å². The lowest BCUT2D eigenvalue weighted by molar-refractivity contribution is 0.145. The highest BCUT2D eigenvalue weighted by Crippen LogP contribution is 2.64. The molecule has 0 aliphatic heterocycles. The number of hydrogen-bond acceptors (Lipinski definition) is 0. The van der Waals surface area contributed by atoms with Crippen LogP contribution in [0.15, 0.2) is 0 Å². The van der Waals surface area contributed by atoms with Crippen molar-refractivity contribution in [2.75, 3.05) is 0 Å². The lowest BCUT2D eigenvalue weighted by Crippen LogP contribution is -2.27. The molecular weight excluding hydrogens is 240 g/mol. The Kier molecular flexibility index (Phi) is 3.54. The van der Waals surface area contributed by atoms with Gasteiger partial charge in [-0.15, -0.1) is 0 Å². The third-order valence-electron chi connectivity index (χ3n) is 6.48. The highest BCUT2D eigenvalue weighted by atomic mass is 14.6. The lowest BCUT2D eigenvalue weighted by atomic mass is 9.70. The minimum Gasteiger partial charge on any atom is -0.0602 e. The maximum absolute atomic E-state index is 2.44. The van der Waals surface area contributed by atoms with E-state index in [1.807, 2.05) is 0 Å². The molecule has 116 valence electrons. The summed E-state index contributed by atoms with van der Waals surface area (Å²) in [4.78, 5) is 0. The van der Waals surface area contributed by atoms with E-state index in [4.69, 9.17) is 0 Å². The van der Waals surface area contributed by atoms with Crippen molar-refractivity contribution in [3.63, 3.8) is 0 Å². The van der Waals surface area contributed by atoms with Gasteiger partial charge in [-0.1, -0.05) is 41.5 Å². The summed E-state index contributed by atoms with van der Waals surface area (Å²) in [6.07, 6.45) is 9.25. The number of hydrogen-bond donors (Lipinski definition) is 0. The predicted octanol–water partition coefficient (Wildman–Crippen LogP) is 6.16. The number of fused-ring (bicyclic) bond motifs is 5. The SMILES string of the molecule is CC(C)(C)CC1CC2C3CC(CC(C)(C)C)C(C3)C2C1. The predicted molar refractivity (Wildman–Crippen MR) is 87.6 cm³/mol. The first kappa shape index (κ1) is 14.9. The Bertz CT molecular complexity index is 353. The molecule has 3 rings (SSSR count).